The number of nitrogens with zero attached hydrogens (tertiary/aromatic N) is 1. The summed E-state index contributed by atoms with van der Waals surface area (Å²) < 4.78 is 49.9. The molecule has 0 saturated heterocycles. The first-order valence-corrected chi connectivity index (χ1v) is 4.84. The molecule has 0 atom stereocenters. The molecule has 2 rings (SSSR count). The van der Waals surface area contributed by atoms with E-state index in [1.807, 2.05) is 5.10 Å². The lowest BCUT2D eigenvalue weighted by atomic mass is 10.1. The number of aromatic amines is 1. The van der Waals surface area contributed by atoms with Gasteiger partial charge in [0.25, 0.3) is 0 Å². The minimum absolute atomic E-state index is 0.0565. The number of benzene rings is 1. The van der Waals surface area contributed by atoms with Gasteiger partial charge in [-0.3, -0.25) is 5.10 Å². The fourth-order valence-corrected chi connectivity index (χ4v) is 1.62. The van der Waals surface area contributed by atoms with Crippen LogP contribution in [0, 0.1) is 5.82 Å². The van der Waals surface area contributed by atoms with Crippen molar-refractivity contribution in [1.82, 2.24) is 10.2 Å². The fraction of sp³-hybridized carbons (Fsp3) is 0.100. The van der Waals surface area contributed by atoms with Crippen molar-refractivity contribution in [2.24, 2.45) is 0 Å². The summed E-state index contributed by atoms with van der Waals surface area (Å²) in [6.45, 7) is 0. The Morgan fingerprint density at radius 1 is 1.12 bits per heavy atom. The molecule has 0 bridgehead atoms. The molecule has 0 aliphatic carbocycles. The molecule has 2 nitrogen and oxygen atoms in total. The maximum atomic E-state index is 12.7. The second kappa shape index (κ2) is 4.03. The van der Waals surface area contributed by atoms with Crippen LogP contribution in [0.4, 0.5) is 17.6 Å². The lowest BCUT2D eigenvalue weighted by molar-refractivity contribution is -0.141. The van der Waals surface area contributed by atoms with E-state index in [2.05, 4.69) is 5.10 Å². The molecule has 1 heterocycles. The molecular formula is C10H5ClF4N2. The lowest BCUT2D eigenvalue weighted by Crippen LogP contribution is -2.05. The van der Waals surface area contributed by atoms with Crippen LogP contribution >= 0.6 is 11.6 Å². The first-order chi connectivity index (χ1) is 7.89. The molecule has 1 aromatic carbocycles. The van der Waals surface area contributed by atoms with Crippen LogP contribution in [0.1, 0.15) is 5.69 Å². The van der Waals surface area contributed by atoms with Crippen molar-refractivity contribution in [3.8, 4) is 11.3 Å². The van der Waals surface area contributed by atoms with Crippen molar-refractivity contribution in [2.75, 3.05) is 0 Å². The number of nitrogens with one attached hydrogen (secondary N) is 1. The molecule has 0 aliphatic rings. The standard InChI is InChI=1S/C10H5ClF4N2/c11-7-8(5-1-3-6(12)4-2-5)16-17-9(7)10(13,14)15/h1-4H,(H,16,17). The Hall–Kier alpha value is -1.56. The Labute approximate surface area is 98.2 Å². The van der Waals surface area contributed by atoms with E-state index >= 15 is 0 Å². The molecule has 0 aliphatic heterocycles. The number of H-pyrrole nitrogens is 1. The highest BCUT2D eigenvalue weighted by Crippen LogP contribution is 2.37. The zero-order chi connectivity index (χ0) is 12.6. The van der Waals surface area contributed by atoms with E-state index in [1.54, 1.807) is 0 Å². The van der Waals surface area contributed by atoms with Crippen molar-refractivity contribution >= 4 is 11.6 Å². The van der Waals surface area contributed by atoms with Gasteiger partial charge in [0.1, 0.15) is 11.5 Å². The molecule has 0 unspecified atom stereocenters. The predicted molar refractivity (Wildman–Crippen MR) is 54.0 cm³/mol. The van der Waals surface area contributed by atoms with Crippen molar-refractivity contribution in [2.45, 2.75) is 6.18 Å². The van der Waals surface area contributed by atoms with E-state index in [-0.39, 0.29) is 5.69 Å². The topological polar surface area (TPSA) is 28.7 Å². The van der Waals surface area contributed by atoms with Crippen molar-refractivity contribution in [3.63, 3.8) is 0 Å². The monoisotopic (exact) mass is 264 g/mol. The van der Waals surface area contributed by atoms with Gasteiger partial charge in [-0.05, 0) is 24.3 Å². The van der Waals surface area contributed by atoms with Crippen molar-refractivity contribution in [1.29, 1.82) is 0 Å². The maximum Gasteiger partial charge on any atom is 0.434 e. The number of hydrogen-bond acceptors (Lipinski definition) is 1. The predicted octanol–water partition coefficient (Wildman–Crippen LogP) is 3.89. The smallest absolute Gasteiger partial charge is 0.272 e. The third-order valence-electron chi connectivity index (χ3n) is 2.11. The Morgan fingerprint density at radius 2 is 1.71 bits per heavy atom. The molecule has 2 aromatic rings. The minimum Gasteiger partial charge on any atom is -0.272 e. The summed E-state index contributed by atoms with van der Waals surface area (Å²) in [4.78, 5) is 0. The number of hydrogen-bond donors (Lipinski definition) is 1. The van der Waals surface area contributed by atoms with E-state index < -0.39 is 22.7 Å². The highest BCUT2D eigenvalue weighted by atomic mass is 35.5. The lowest BCUT2D eigenvalue weighted by Gasteiger charge is -2.03. The van der Waals surface area contributed by atoms with Gasteiger partial charge in [-0.15, -0.1) is 0 Å². The SMILES string of the molecule is Fc1ccc(-c2n[nH]c(C(F)(F)F)c2Cl)cc1. The second-order valence-corrected chi connectivity index (χ2v) is 3.64. The van der Waals surface area contributed by atoms with Crippen molar-refractivity contribution < 1.29 is 17.6 Å². The summed E-state index contributed by atoms with van der Waals surface area (Å²) in [6.07, 6.45) is -4.59. The first-order valence-electron chi connectivity index (χ1n) is 4.46. The van der Waals surface area contributed by atoms with Gasteiger partial charge in [-0.1, -0.05) is 11.6 Å². The summed E-state index contributed by atoms with van der Waals surface area (Å²) in [5, 5.41) is 4.79. The summed E-state index contributed by atoms with van der Waals surface area (Å²) in [6, 6.07) is 4.84. The fourth-order valence-electron chi connectivity index (χ4n) is 1.32. The maximum absolute atomic E-state index is 12.7. The Bertz CT molecular complexity index is 530. The largest absolute Gasteiger partial charge is 0.434 e. The quantitative estimate of drug-likeness (QED) is 0.778. The highest BCUT2D eigenvalue weighted by Gasteiger charge is 2.37. The van der Waals surface area contributed by atoms with Crippen LogP contribution < -0.4 is 0 Å². The second-order valence-electron chi connectivity index (χ2n) is 3.27. The molecule has 7 heteroatoms. The molecule has 0 radical (unpaired) electrons. The van der Waals surface area contributed by atoms with Gasteiger partial charge in [0.2, 0.25) is 0 Å². The Kier molecular flexibility index (Phi) is 2.82. The third kappa shape index (κ3) is 2.26. The van der Waals surface area contributed by atoms with Gasteiger partial charge in [0.05, 0.1) is 5.02 Å². The molecule has 0 saturated carbocycles. The molecule has 1 N–H and O–H groups in total. The Balaban J connectivity index is 2.48. The minimum atomic E-state index is -4.59. The van der Waals surface area contributed by atoms with E-state index in [0.29, 0.717) is 5.56 Å². The van der Waals surface area contributed by atoms with Gasteiger partial charge in [-0.2, -0.15) is 18.3 Å². The van der Waals surface area contributed by atoms with Gasteiger partial charge >= 0.3 is 6.18 Å². The zero-order valence-electron chi connectivity index (χ0n) is 8.15. The van der Waals surface area contributed by atoms with Crippen LogP contribution in [0.3, 0.4) is 0 Å². The normalized spacial score (nSPS) is 11.8. The van der Waals surface area contributed by atoms with Crippen LogP contribution in [0.2, 0.25) is 5.02 Å². The average molecular weight is 265 g/mol. The summed E-state index contributed by atoms with van der Waals surface area (Å²) >= 11 is 5.58. The summed E-state index contributed by atoms with van der Waals surface area (Å²) in [7, 11) is 0. The van der Waals surface area contributed by atoms with Gasteiger partial charge in [-0.25, -0.2) is 4.39 Å². The molecular weight excluding hydrogens is 260 g/mol. The van der Waals surface area contributed by atoms with Crippen LogP contribution in [-0.2, 0) is 6.18 Å². The van der Waals surface area contributed by atoms with E-state index in [0.717, 1.165) is 12.1 Å². The molecule has 17 heavy (non-hydrogen) atoms. The molecule has 1 aromatic heterocycles. The number of halogens is 5. The summed E-state index contributed by atoms with van der Waals surface area (Å²) in [5.41, 5.74) is -0.861. The third-order valence-corrected chi connectivity index (χ3v) is 2.48. The van der Waals surface area contributed by atoms with Gasteiger partial charge < -0.3 is 0 Å². The molecule has 0 amide bonds. The number of alkyl halides is 3. The number of aromatic nitrogens is 2. The van der Waals surface area contributed by atoms with Gasteiger partial charge in [0.15, 0.2) is 5.69 Å². The van der Waals surface area contributed by atoms with Crippen LogP contribution in [0.5, 0.6) is 0 Å². The first kappa shape index (κ1) is 11.9. The molecule has 0 fully saturated rings. The van der Waals surface area contributed by atoms with Crippen LogP contribution in [0.15, 0.2) is 24.3 Å². The van der Waals surface area contributed by atoms with Gasteiger partial charge in [0, 0.05) is 5.56 Å². The molecule has 90 valence electrons. The van der Waals surface area contributed by atoms with Crippen LogP contribution in [0.25, 0.3) is 11.3 Å². The zero-order valence-corrected chi connectivity index (χ0v) is 8.90. The Morgan fingerprint density at radius 3 is 2.18 bits per heavy atom. The average Bonchev–Trinajstić information content (AvgIpc) is 2.61. The van der Waals surface area contributed by atoms with Crippen molar-refractivity contribution in [3.05, 3.63) is 40.8 Å². The van der Waals surface area contributed by atoms with E-state index in [9.17, 15) is 17.6 Å². The van der Waals surface area contributed by atoms with Crippen LogP contribution in [-0.4, -0.2) is 10.2 Å². The highest BCUT2D eigenvalue weighted by molar-refractivity contribution is 6.33. The summed E-state index contributed by atoms with van der Waals surface area (Å²) in [5.74, 6) is -0.489. The molecule has 0 spiro atoms. The number of rotatable bonds is 1. The van der Waals surface area contributed by atoms with E-state index in [4.69, 9.17) is 11.6 Å². The van der Waals surface area contributed by atoms with E-state index in [1.165, 1.54) is 12.1 Å².